The van der Waals surface area contributed by atoms with Crippen molar-refractivity contribution >= 4 is 18.3 Å². The summed E-state index contributed by atoms with van der Waals surface area (Å²) in [4.78, 5) is 13.8. The molecule has 1 aliphatic heterocycles. The number of alkyl halides is 2. The van der Waals surface area contributed by atoms with E-state index in [1.807, 2.05) is 0 Å². The summed E-state index contributed by atoms with van der Waals surface area (Å²) in [6, 6.07) is 0.0421. The molecular formula is C12H21ClF2N2O. The van der Waals surface area contributed by atoms with Gasteiger partial charge in [-0.2, -0.15) is 0 Å². The van der Waals surface area contributed by atoms with Crippen LogP contribution in [-0.4, -0.2) is 35.9 Å². The summed E-state index contributed by atoms with van der Waals surface area (Å²) in [5.74, 6) is -2.65. The van der Waals surface area contributed by atoms with Gasteiger partial charge >= 0.3 is 0 Å². The van der Waals surface area contributed by atoms with Crippen LogP contribution >= 0.6 is 12.4 Å². The molecule has 1 saturated carbocycles. The fourth-order valence-corrected chi connectivity index (χ4v) is 2.84. The molecule has 3 nitrogen and oxygen atoms in total. The zero-order chi connectivity index (χ0) is 12.6. The zero-order valence-electron chi connectivity index (χ0n) is 10.6. The predicted octanol–water partition coefficient (Wildman–Crippen LogP) is 2.04. The quantitative estimate of drug-likeness (QED) is 0.842. The smallest absolute Gasteiger partial charge is 0.249 e. The van der Waals surface area contributed by atoms with Gasteiger partial charge < -0.3 is 10.6 Å². The minimum Gasteiger partial charge on any atom is -0.338 e. The van der Waals surface area contributed by atoms with Crippen molar-refractivity contribution in [3.05, 3.63) is 0 Å². The number of nitrogens with zero attached hydrogens (tertiary/aromatic N) is 1. The van der Waals surface area contributed by atoms with Gasteiger partial charge in [-0.3, -0.25) is 4.79 Å². The number of carbonyl (C=O) groups excluding carboxylic acids is 1. The second-order valence-electron chi connectivity index (χ2n) is 5.51. The third-order valence-corrected chi connectivity index (χ3v) is 3.97. The van der Waals surface area contributed by atoms with Crippen molar-refractivity contribution in [2.45, 2.75) is 44.6 Å². The van der Waals surface area contributed by atoms with E-state index >= 15 is 0 Å². The fraction of sp³-hybridized carbons (Fsp3) is 0.917. The van der Waals surface area contributed by atoms with E-state index in [-0.39, 0.29) is 37.2 Å². The Morgan fingerprint density at radius 1 is 1.44 bits per heavy atom. The number of rotatable bonds is 2. The Balaban J connectivity index is 0.00000162. The lowest BCUT2D eigenvalue weighted by molar-refractivity contribution is -0.163. The van der Waals surface area contributed by atoms with E-state index < -0.39 is 11.8 Å². The third-order valence-electron chi connectivity index (χ3n) is 3.97. The van der Waals surface area contributed by atoms with Crippen LogP contribution in [0.2, 0.25) is 0 Å². The highest BCUT2D eigenvalue weighted by molar-refractivity contribution is 5.85. The Kier molecular flexibility index (Phi) is 4.95. The van der Waals surface area contributed by atoms with Gasteiger partial charge in [0.05, 0.1) is 0 Å². The molecule has 0 radical (unpaired) electrons. The van der Waals surface area contributed by atoms with E-state index in [2.05, 4.69) is 6.92 Å². The van der Waals surface area contributed by atoms with Gasteiger partial charge in [0, 0.05) is 37.9 Å². The molecule has 2 N–H and O–H groups in total. The Labute approximate surface area is 112 Å². The molecule has 0 aromatic carbocycles. The van der Waals surface area contributed by atoms with Crippen LogP contribution in [0.1, 0.15) is 32.6 Å². The largest absolute Gasteiger partial charge is 0.338 e. The van der Waals surface area contributed by atoms with Crippen molar-refractivity contribution in [3.63, 3.8) is 0 Å². The monoisotopic (exact) mass is 282 g/mol. The van der Waals surface area contributed by atoms with Gasteiger partial charge in [0.1, 0.15) is 0 Å². The van der Waals surface area contributed by atoms with Crippen LogP contribution in [0.25, 0.3) is 0 Å². The topological polar surface area (TPSA) is 46.3 Å². The number of likely N-dealkylation sites (tertiary alicyclic amines) is 1. The van der Waals surface area contributed by atoms with Crippen LogP contribution in [0.5, 0.6) is 0 Å². The van der Waals surface area contributed by atoms with Crippen LogP contribution in [0.15, 0.2) is 0 Å². The maximum atomic E-state index is 12.8. The molecule has 1 saturated heterocycles. The minimum atomic E-state index is -2.62. The van der Waals surface area contributed by atoms with Gasteiger partial charge in [0.2, 0.25) is 11.8 Å². The van der Waals surface area contributed by atoms with Crippen LogP contribution in [0.4, 0.5) is 8.78 Å². The van der Waals surface area contributed by atoms with Crippen molar-refractivity contribution in [3.8, 4) is 0 Å². The van der Waals surface area contributed by atoms with E-state index in [4.69, 9.17) is 5.73 Å². The molecule has 0 bridgehead atoms. The normalized spacial score (nSPS) is 31.4. The molecular weight excluding hydrogens is 262 g/mol. The minimum absolute atomic E-state index is 0. The summed E-state index contributed by atoms with van der Waals surface area (Å²) in [5.41, 5.74) is 5.66. The van der Waals surface area contributed by atoms with Crippen LogP contribution < -0.4 is 5.73 Å². The molecule has 2 rings (SSSR count). The Morgan fingerprint density at radius 2 is 2.06 bits per heavy atom. The van der Waals surface area contributed by atoms with Gasteiger partial charge in [0.15, 0.2) is 0 Å². The maximum absolute atomic E-state index is 12.8. The van der Waals surface area contributed by atoms with Crippen molar-refractivity contribution in [1.82, 2.24) is 4.90 Å². The summed E-state index contributed by atoms with van der Waals surface area (Å²) in [5, 5.41) is 0. The predicted molar refractivity (Wildman–Crippen MR) is 67.9 cm³/mol. The average Bonchev–Trinajstić information content (AvgIpc) is 2.24. The lowest BCUT2D eigenvalue weighted by Crippen LogP contribution is -2.54. The van der Waals surface area contributed by atoms with E-state index in [0.717, 1.165) is 12.8 Å². The Hall–Kier alpha value is -0.420. The van der Waals surface area contributed by atoms with Crippen LogP contribution in [-0.2, 0) is 4.79 Å². The van der Waals surface area contributed by atoms with E-state index in [9.17, 15) is 13.6 Å². The molecule has 1 amide bonds. The van der Waals surface area contributed by atoms with E-state index in [0.29, 0.717) is 19.0 Å². The summed E-state index contributed by atoms with van der Waals surface area (Å²) < 4.78 is 25.5. The number of halogens is 3. The first-order chi connectivity index (χ1) is 7.93. The number of amides is 1. The van der Waals surface area contributed by atoms with Crippen molar-refractivity contribution < 1.29 is 13.6 Å². The van der Waals surface area contributed by atoms with Gasteiger partial charge in [-0.15, -0.1) is 12.4 Å². The van der Waals surface area contributed by atoms with Gasteiger partial charge in [-0.1, -0.05) is 6.92 Å². The summed E-state index contributed by atoms with van der Waals surface area (Å²) in [6.07, 6.45) is 1.28. The summed E-state index contributed by atoms with van der Waals surface area (Å²) in [6.45, 7) is 3.24. The first kappa shape index (κ1) is 15.6. The SMILES string of the molecule is CC1CCN(C(=O)C2CC(F)(F)C2)C(CN)C1.Cl. The number of nitrogens with two attached hydrogens (primary N) is 1. The highest BCUT2D eigenvalue weighted by atomic mass is 35.5. The number of piperidine rings is 1. The molecule has 18 heavy (non-hydrogen) atoms. The van der Waals surface area contributed by atoms with Crippen molar-refractivity contribution in [1.29, 1.82) is 0 Å². The fourth-order valence-electron chi connectivity index (χ4n) is 2.84. The molecule has 2 aliphatic rings. The molecule has 1 aliphatic carbocycles. The Morgan fingerprint density at radius 3 is 2.56 bits per heavy atom. The molecule has 106 valence electrons. The highest BCUT2D eigenvalue weighted by Crippen LogP contribution is 2.43. The van der Waals surface area contributed by atoms with Gasteiger partial charge in [0.25, 0.3) is 0 Å². The number of carbonyl (C=O) groups is 1. The molecule has 6 heteroatoms. The number of hydrogen-bond donors (Lipinski definition) is 1. The lowest BCUT2D eigenvalue weighted by Gasteiger charge is -2.43. The second kappa shape index (κ2) is 5.70. The van der Waals surface area contributed by atoms with Gasteiger partial charge in [-0.05, 0) is 18.8 Å². The first-order valence-electron chi connectivity index (χ1n) is 6.31. The zero-order valence-corrected chi connectivity index (χ0v) is 11.4. The van der Waals surface area contributed by atoms with Crippen molar-refractivity contribution in [2.75, 3.05) is 13.1 Å². The first-order valence-corrected chi connectivity index (χ1v) is 6.31. The van der Waals surface area contributed by atoms with Crippen LogP contribution in [0, 0.1) is 11.8 Å². The third kappa shape index (κ3) is 3.12. The second-order valence-corrected chi connectivity index (χ2v) is 5.51. The molecule has 2 fully saturated rings. The molecule has 1 heterocycles. The molecule has 0 aromatic rings. The van der Waals surface area contributed by atoms with Crippen LogP contribution in [0.3, 0.4) is 0 Å². The molecule has 0 spiro atoms. The summed E-state index contributed by atoms with van der Waals surface area (Å²) >= 11 is 0. The van der Waals surface area contributed by atoms with Crippen molar-refractivity contribution in [2.24, 2.45) is 17.6 Å². The molecule has 2 atom stereocenters. The average molecular weight is 283 g/mol. The maximum Gasteiger partial charge on any atom is 0.249 e. The molecule has 0 aromatic heterocycles. The van der Waals surface area contributed by atoms with E-state index in [1.54, 1.807) is 4.90 Å². The molecule has 2 unspecified atom stereocenters. The lowest BCUT2D eigenvalue weighted by atomic mass is 9.79. The number of hydrogen-bond acceptors (Lipinski definition) is 2. The Bertz CT molecular complexity index is 306. The summed E-state index contributed by atoms with van der Waals surface area (Å²) in [7, 11) is 0. The van der Waals surface area contributed by atoms with E-state index in [1.165, 1.54) is 0 Å². The standard InChI is InChI=1S/C12H20F2N2O.ClH/c1-8-2-3-16(10(4-8)7-15)11(17)9-5-12(13,14)6-9;/h8-10H,2-7,15H2,1H3;1H. The van der Waals surface area contributed by atoms with Gasteiger partial charge in [-0.25, -0.2) is 8.78 Å². The highest BCUT2D eigenvalue weighted by Gasteiger charge is 2.50.